The Kier molecular flexibility index (Phi) is 3.47. The molecule has 6 nitrogen and oxygen atoms in total. The summed E-state index contributed by atoms with van der Waals surface area (Å²) in [6.07, 6.45) is 2.95. The number of hydrogen-bond donors (Lipinski definition) is 1. The molecule has 20 heavy (non-hydrogen) atoms. The summed E-state index contributed by atoms with van der Waals surface area (Å²) in [5.74, 6) is 0.872. The van der Waals surface area contributed by atoms with Crippen LogP contribution in [0.3, 0.4) is 0 Å². The van der Waals surface area contributed by atoms with Crippen LogP contribution in [0.4, 0.5) is 0 Å². The monoisotopic (exact) mass is 270 g/mol. The Hall–Kier alpha value is -2.21. The standard InChI is InChI=1S/C14H18N6/c1-2-8-20-13-6-4-3-5-11(13)16-14(20)12-10-19(9-7-15)18-17-12/h3-6,10H,2,7-9,15H2,1H3. The van der Waals surface area contributed by atoms with E-state index in [0.717, 1.165) is 35.5 Å². The van der Waals surface area contributed by atoms with Crippen LogP contribution >= 0.6 is 0 Å². The third-order valence-electron chi connectivity index (χ3n) is 3.23. The highest BCUT2D eigenvalue weighted by molar-refractivity contribution is 5.79. The molecular formula is C14H18N6. The van der Waals surface area contributed by atoms with Gasteiger partial charge in [-0.25, -0.2) is 4.98 Å². The topological polar surface area (TPSA) is 74.5 Å². The van der Waals surface area contributed by atoms with Crippen LogP contribution in [-0.2, 0) is 13.1 Å². The highest BCUT2D eigenvalue weighted by Gasteiger charge is 2.14. The summed E-state index contributed by atoms with van der Waals surface area (Å²) in [5.41, 5.74) is 8.46. The first kappa shape index (κ1) is 12.8. The summed E-state index contributed by atoms with van der Waals surface area (Å²) in [7, 11) is 0. The molecule has 3 aromatic rings. The Balaban J connectivity index is 2.11. The molecule has 0 saturated heterocycles. The van der Waals surface area contributed by atoms with E-state index >= 15 is 0 Å². The first-order chi connectivity index (χ1) is 9.83. The minimum absolute atomic E-state index is 0.550. The van der Waals surface area contributed by atoms with Gasteiger partial charge in [0.15, 0.2) is 5.82 Å². The van der Waals surface area contributed by atoms with Crippen molar-refractivity contribution in [3.8, 4) is 11.5 Å². The number of nitrogens with two attached hydrogens (primary N) is 1. The maximum Gasteiger partial charge on any atom is 0.163 e. The molecule has 2 heterocycles. The summed E-state index contributed by atoms with van der Waals surface area (Å²) in [4.78, 5) is 4.69. The van der Waals surface area contributed by atoms with Crippen LogP contribution in [0.5, 0.6) is 0 Å². The zero-order valence-corrected chi connectivity index (χ0v) is 11.5. The molecule has 2 aromatic heterocycles. The molecule has 0 amide bonds. The number of para-hydroxylation sites is 2. The van der Waals surface area contributed by atoms with Gasteiger partial charge in [0.1, 0.15) is 5.69 Å². The lowest BCUT2D eigenvalue weighted by atomic mass is 10.3. The Labute approximate surface area is 117 Å². The highest BCUT2D eigenvalue weighted by atomic mass is 15.4. The van der Waals surface area contributed by atoms with Crippen LogP contribution < -0.4 is 5.73 Å². The molecule has 1 aromatic carbocycles. The first-order valence-corrected chi connectivity index (χ1v) is 6.89. The largest absolute Gasteiger partial charge is 0.329 e. The van der Waals surface area contributed by atoms with Crippen molar-refractivity contribution in [2.75, 3.05) is 6.54 Å². The number of fused-ring (bicyclic) bond motifs is 1. The average molecular weight is 270 g/mol. The van der Waals surface area contributed by atoms with Gasteiger partial charge in [0.05, 0.1) is 23.8 Å². The summed E-state index contributed by atoms with van der Waals surface area (Å²) in [6.45, 7) is 4.29. The van der Waals surface area contributed by atoms with Crippen molar-refractivity contribution < 1.29 is 0 Å². The van der Waals surface area contributed by atoms with Crippen LogP contribution in [0.15, 0.2) is 30.5 Å². The number of hydrogen-bond acceptors (Lipinski definition) is 4. The van der Waals surface area contributed by atoms with E-state index in [2.05, 4.69) is 27.9 Å². The number of rotatable bonds is 5. The first-order valence-electron chi connectivity index (χ1n) is 6.89. The van der Waals surface area contributed by atoms with Crippen molar-refractivity contribution in [1.29, 1.82) is 0 Å². The molecule has 0 saturated carbocycles. The second kappa shape index (κ2) is 5.42. The van der Waals surface area contributed by atoms with E-state index in [4.69, 9.17) is 10.7 Å². The van der Waals surface area contributed by atoms with E-state index in [1.165, 1.54) is 0 Å². The van der Waals surface area contributed by atoms with Gasteiger partial charge < -0.3 is 10.3 Å². The number of nitrogens with zero attached hydrogens (tertiary/aromatic N) is 5. The van der Waals surface area contributed by atoms with E-state index in [0.29, 0.717) is 13.1 Å². The molecule has 104 valence electrons. The molecule has 0 spiro atoms. The van der Waals surface area contributed by atoms with Crippen molar-refractivity contribution in [1.82, 2.24) is 24.5 Å². The number of benzene rings is 1. The number of aromatic nitrogens is 5. The van der Waals surface area contributed by atoms with Crippen molar-refractivity contribution in [3.05, 3.63) is 30.5 Å². The quantitative estimate of drug-likeness (QED) is 0.765. The van der Waals surface area contributed by atoms with Crippen molar-refractivity contribution in [3.63, 3.8) is 0 Å². The summed E-state index contributed by atoms with van der Waals surface area (Å²) in [5, 5.41) is 8.30. The number of aryl methyl sites for hydroxylation is 1. The Morgan fingerprint density at radius 3 is 2.85 bits per heavy atom. The van der Waals surface area contributed by atoms with Gasteiger partial charge in [-0.15, -0.1) is 5.10 Å². The van der Waals surface area contributed by atoms with Crippen molar-refractivity contribution >= 4 is 11.0 Å². The second-order valence-electron chi connectivity index (χ2n) is 4.73. The lowest BCUT2D eigenvalue weighted by Gasteiger charge is -2.04. The van der Waals surface area contributed by atoms with Crippen LogP contribution in [0.2, 0.25) is 0 Å². The molecule has 6 heteroatoms. The van der Waals surface area contributed by atoms with Crippen LogP contribution in [0.25, 0.3) is 22.6 Å². The normalized spacial score (nSPS) is 11.3. The van der Waals surface area contributed by atoms with E-state index in [-0.39, 0.29) is 0 Å². The smallest absolute Gasteiger partial charge is 0.163 e. The molecule has 0 fully saturated rings. The van der Waals surface area contributed by atoms with Gasteiger partial charge >= 0.3 is 0 Å². The molecule has 3 rings (SSSR count). The van der Waals surface area contributed by atoms with Crippen LogP contribution in [0.1, 0.15) is 13.3 Å². The number of imidazole rings is 1. The molecule has 0 aliphatic rings. The molecule has 0 radical (unpaired) electrons. The summed E-state index contributed by atoms with van der Waals surface area (Å²) >= 11 is 0. The molecular weight excluding hydrogens is 252 g/mol. The minimum Gasteiger partial charge on any atom is -0.329 e. The summed E-state index contributed by atoms with van der Waals surface area (Å²) < 4.78 is 3.96. The molecule has 0 unspecified atom stereocenters. The maximum atomic E-state index is 5.54. The SMILES string of the molecule is CCCn1c(-c2cn(CCN)nn2)nc2ccccc21. The van der Waals surface area contributed by atoms with Crippen LogP contribution in [0, 0.1) is 0 Å². The third kappa shape index (κ3) is 2.18. The second-order valence-corrected chi connectivity index (χ2v) is 4.73. The zero-order valence-electron chi connectivity index (χ0n) is 11.5. The fourth-order valence-electron chi connectivity index (χ4n) is 2.36. The predicted octanol–water partition coefficient (Wildman–Crippen LogP) is 1.66. The van der Waals surface area contributed by atoms with E-state index in [1.807, 2.05) is 24.4 Å². The van der Waals surface area contributed by atoms with Gasteiger partial charge in [0.25, 0.3) is 0 Å². The summed E-state index contributed by atoms with van der Waals surface area (Å²) in [6, 6.07) is 8.15. The van der Waals surface area contributed by atoms with Gasteiger partial charge in [0, 0.05) is 13.1 Å². The minimum atomic E-state index is 0.550. The average Bonchev–Trinajstić information content (AvgIpc) is 3.05. The van der Waals surface area contributed by atoms with Crippen molar-refractivity contribution in [2.45, 2.75) is 26.4 Å². The predicted molar refractivity (Wildman–Crippen MR) is 78.1 cm³/mol. The van der Waals surface area contributed by atoms with Gasteiger partial charge in [-0.3, -0.25) is 4.68 Å². The molecule has 0 aliphatic heterocycles. The Bertz CT molecular complexity index is 711. The lowest BCUT2D eigenvalue weighted by Crippen LogP contribution is -2.10. The molecule has 0 bridgehead atoms. The van der Waals surface area contributed by atoms with E-state index in [9.17, 15) is 0 Å². The van der Waals surface area contributed by atoms with Gasteiger partial charge in [-0.05, 0) is 18.6 Å². The maximum absolute atomic E-state index is 5.54. The van der Waals surface area contributed by atoms with E-state index in [1.54, 1.807) is 4.68 Å². The highest BCUT2D eigenvalue weighted by Crippen LogP contribution is 2.23. The van der Waals surface area contributed by atoms with Gasteiger partial charge in [-0.1, -0.05) is 24.3 Å². The van der Waals surface area contributed by atoms with Gasteiger partial charge in [-0.2, -0.15) is 0 Å². The zero-order chi connectivity index (χ0) is 13.9. The third-order valence-corrected chi connectivity index (χ3v) is 3.23. The van der Waals surface area contributed by atoms with E-state index < -0.39 is 0 Å². The fraction of sp³-hybridized carbons (Fsp3) is 0.357. The Morgan fingerprint density at radius 1 is 1.20 bits per heavy atom. The lowest BCUT2D eigenvalue weighted by molar-refractivity contribution is 0.598. The Morgan fingerprint density at radius 2 is 2.05 bits per heavy atom. The van der Waals surface area contributed by atoms with Crippen LogP contribution in [-0.4, -0.2) is 31.1 Å². The molecule has 0 aliphatic carbocycles. The molecule has 2 N–H and O–H groups in total. The fourth-order valence-corrected chi connectivity index (χ4v) is 2.36. The van der Waals surface area contributed by atoms with Crippen molar-refractivity contribution in [2.24, 2.45) is 5.73 Å². The molecule has 0 atom stereocenters. The van der Waals surface area contributed by atoms with Gasteiger partial charge in [0.2, 0.25) is 0 Å².